The maximum absolute atomic E-state index is 13.0. The van der Waals surface area contributed by atoms with E-state index in [0.29, 0.717) is 31.9 Å². The van der Waals surface area contributed by atoms with Crippen LogP contribution in [0.3, 0.4) is 0 Å². The highest BCUT2D eigenvalue weighted by atomic mass is 16.5. The Hall–Kier alpha value is -3.16. The number of rotatable bonds is 9. The summed E-state index contributed by atoms with van der Waals surface area (Å²) in [6, 6.07) is 18.0. The summed E-state index contributed by atoms with van der Waals surface area (Å²) < 4.78 is 7.42. The van der Waals surface area contributed by atoms with E-state index in [0.717, 1.165) is 42.1 Å². The molecule has 3 aromatic rings. The van der Waals surface area contributed by atoms with Crippen molar-refractivity contribution in [2.45, 2.75) is 39.5 Å². The minimum Gasteiger partial charge on any atom is -0.494 e. The summed E-state index contributed by atoms with van der Waals surface area (Å²) in [7, 11) is 0. The number of nitrogens with zero attached hydrogens (tertiary/aromatic N) is 3. The van der Waals surface area contributed by atoms with Crippen LogP contribution in [-0.4, -0.2) is 45.5 Å². The summed E-state index contributed by atoms with van der Waals surface area (Å²) >= 11 is 0. The van der Waals surface area contributed by atoms with E-state index < -0.39 is 0 Å². The van der Waals surface area contributed by atoms with Gasteiger partial charge in [0.15, 0.2) is 5.69 Å². The summed E-state index contributed by atoms with van der Waals surface area (Å²) in [5.41, 5.74) is 4.68. The second-order valence-electron chi connectivity index (χ2n) is 7.93. The van der Waals surface area contributed by atoms with E-state index in [-0.39, 0.29) is 12.5 Å². The molecule has 1 aliphatic heterocycles. The third-order valence-corrected chi connectivity index (χ3v) is 5.65. The van der Waals surface area contributed by atoms with Crippen molar-refractivity contribution < 1.29 is 14.6 Å². The molecule has 0 saturated heterocycles. The van der Waals surface area contributed by atoms with Crippen LogP contribution in [0.5, 0.6) is 5.75 Å². The Labute approximate surface area is 188 Å². The number of amides is 1. The van der Waals surface area contributed by atoms with Gasteiger partial charge in [-0.25, -0.2) is 0 Å². The van der Waals surface area contributed by atoms with E-state index in [9.17, 15) is 9.90 Å². The first kappa shape index (κ1) is 22.0. The fraction of sp³-hybridized carbons (Fsp3) is 0.360. The summed E-state index contributed by atoms with van der Waals surface area (Å²) in [5, 5.41) is 17.0. The Balaban J connectivity index is 1.50. The number of benzene rings is 2. The molecular weight excluding hydrogens is 404 g/mol. The summed E-state index contributed by atoms with van der Waals surface area (Å²) in [6.45, 7) is 5.75. The molecule has 4 rings (SSSR count). The number of fused-ring (bicyclic) bond motifs is 1. The van der Waals surface area contributed by atoms with E-state index >= 15 is 0 Å². The van der Waals surface area contributed by atoms with E-state index in [4.69, 9.17) is 4.74 Å². The van der Waals surface area contributed by atoms with Crippen molar-refractivity contribution in [1.29, 1.82) is 0 Å². The molecule has 0 unspecified atom stereocenters. The highest BCUT2D eigenvalue weighted by Crippen LogP contribution is 2.25. The van der Waals surface area contributed by atoms with Gasteiger partial charge < -0.3 is 15.2 Å². The first-order valence-electron chi connectivity index (χ1n) is 11.1. The number of aliphatic hydroxyl groups excluding tert-OH is 1. The van der Waals surface area contributed by atoms with Gasteiger partial charge in [0.05, 0.1) is 19.8 Å². The van der Waals surface area contributed by atoms with Crippen LogP contribution in [0, 0.1) is 0 Å². The molecule has 0 saturated carbocycles. The minimum atomic E-state index is -0.179. The van der Waals surface area contributed by atoms with Crippen LogP contribution in [0.2, 0.25) is 0 Å². The van der Waals surface area contributed by atoms with Gasteiger partial charge in [-0.1, -0.05) is 42.5 Å². The molecule has 2 N–H and O–H groups in total. The molecule has 0 bridgehead atoms. The van der Waals surface area contributed by atoms with Crippen LogP contribution in [-0.2, 0) is 32.6 Å². The van der Waals surface area contributed by atoms with Gasteiger partial charge in [0.25, 0.3) is 5.91 Å². The Bertz CT molecular complexity index is 1050. The quantitative estimate of drug-likeness (QED) is 0.541. The van der Waals surface area contributed by atoms with Crippen LogP contribution >= 0.6 is 0 Å². The van der Waals surface area contributed by atoms with Gasteiger partial charge in [0.1, 0.15) is 5.75 Å². The smallest absolute Gasteiger partial charge is 0.272 e. The van der Waals surface area contributed by atoms with Crippen molar-refractivity contribution in [2.24, 2.45) is 0 Å². The Morgan fingerprint density at radius 1 is 1.16 bits per heavy atom. The summed E-state index contributed by atoms with van der Waals surface area (Å²) in [5.74, 6) is 0.696. The van der Waals surface area contributed by atoms with Gasteiger partial charge in [0, 0.05) is 43.9 Å². The van der Waals surface area contributed by atoms with Crippen LogP contribution in [0.15, 0.2) is 54.6 Å². The summed E-state index contributed by atoms with van der Waals surface area (Å²) in [6.07, 6.45) is 0.791. The maximum Gasteiger partial charge on any atom is 0.272 e. The molecule has 0 radical (unpaired) electrons. The van der Waals surface area contributed by atoms with Crippen molar-refractivity contribution in [1.82, 2.24) is 20.0 Å². The van der Waals surface area contributed by atoms with Crippen molar-refractivity contribution >= 4 is 5.91 Å². The molecule has 1 aliphatic rings. The molecule has 0 spiro atoms. The topological polar surface area (TPSA) is 79.6 Å². The lowest BCUT2D eigenvalue weighted by atomic mass is 10.0. The Morgan fingerprint density at radius 3 is 2.75 bits per heavy atom. The molecule has 2 heterocycles. The molecule has 2 aromatic carbocycles. The normalized spacial score (nSPS) is 13.6. The predicted octanol–water partition coefficient (Wildman–Crippen LogP) is 2.76. The number of hydrogen-bond acceptors (Lipinski definition) is 5. The molecule has 0 aliphatic carbocycles. The molecule has 168 valence electrons. The SMILES string of the molecule is CCOc1cccc(CN2CCc3c(c(C(=O)NCc4ccccc4)nn3CCO)C2)c1. The summed E-state index contributed by atoms with van der Waals surface area (Å²) in [4.78, 5) is 15.3. The average molecular weight is 435 g/mol. The van der Waals surface area contributed by atoms with Crippen molar-refractivity contribution in [3.05, 3.63) is 82.7 Å². The molecule has 7 nitrogen and oxygen atoms in total. The third-order valence-electron chi connectivity index (χ3n) is 5.65. The number of hydrogen-bond donors (Lipinski definition) is 2. The zero-order valence-corrected chi connectivity index (χ0v) is 18.5. The van der Waals surface area contributed by atoms with Gasteiger partial charge in [-0.2, -0.15) is 5.10 Å². The van der Waals surface area contributed by atoms with Crippen LogP contribution in [0.1, 0.15) is 39.8 Å². The number of ether oxygens (including phenoxy) is 1. The Kier molecular flexibility index (Phi) is 7.19. The van der Waals surface area contributed by atoms with Gasteiger partial charge in [-0.05, 0) is 30.2 Å². The van der Waals surface area contributed by atoms with E-state index in [1.807, 2.05) is 49.4 Å². The molecule has 0 atom stereocenters. The zero-order chi connectivity index (χ0) is 22.3. The van der Waals surface area contributed by atoms with Crippen LogP contribution in [0.25, 0.3) is 0 Å². The fourth-order valence-corrected chi connectivity index (χ4v) is 4.16. The first-order valence-corrected chi connectivity index (χ1v) is 11.1. The second kappa shape index (κ2) is 10.4. The fourth-order valence-electron chi connectivity index (χ4n) is 4.16. The first-order chi connectivity index (χ1) is 15.7. The molecule has 1 amide bonds. The van der Waals surface area contributed by atoms with E-state index in [2.05, 4.69) is 27.4 Å². The molecular formula is C25H30N4O3. The van der Waals surface area contributed by atoms with Gasteiger partial charge in [0.2, 0.25) is 0 Å². The highest BCUT2D eigenvalue weighted by Gasteiger charge is 2.28. The molecule has 7 heteroatoms. The van der Waals surface area contributed by atoms with Crippen LogP contribution < -0.4 is 10.1 Å². The van der Waals surface area contributed by atoms with Crippen molar-refractivity contribution in [2.75, 3.05) is 19.8 Å². The lowest BCUT2D eigenvalue weighted by molar-refractivity contribution is 0.0942. The number of nitrogens with one attached hydrogen (secondary N) is 1. The zero-order valence-electron chi connectivity index (χ0n) is 18.5. The van der Waals surface area contributed by atoms with Gasteiger partial charge >= 0.3 is 0 Å². The molecule has 1 aromatic heterocycles. The Morgan fingerprint density at radius 2 is 1.97 bits per heavy atom. The number of aromatic nitrogens is 2. The predicted molar refractivity (Wildman–Crippen MR) is 122 cm³/mol. The van der Waals surface area contributed by atoms with Crippen molar-refractivity contribution in [3.8, 4) is 5.75 Å². The average Bonchev–Trinajstić information content (AvgIpc) is 3.17. The van der Waals surface area contributed by atoms with E-state index in [1.54, 1.807) is 4.68 Å². The maximum atomic E-state index is 13.0. The van der Waals surface area contributed by atoms with Gasteiger partial charge in [-0.15, -0.1) is 0 Å². The van der Waals surface area contributed by atoms with E-state index in [1.165, 1.54) is 5.56 Å². The third kappa shape index (κ3) is 5.18. The van der Waals surface area contributed by atoms with Crippen LogP contribution in [0.4, 0.5) is 0 Å². The molecule has 0 fully saturated rings. The lowest BCUT2D eigenvalue weighted by Gasteiger charge is -2.28. The lowest BCUT2D eigenvalue weighted by Crippen LogP contribution is -2.32. The van der Waals surface area contributed by atoms with Crippen molar-refractivity contribution in [3.63, 3.8) is 0 Å². The minimum absolute atomic E-state index is 0.00682. The number of carbonyl (C=O) groups excluding carboxylic acids is 1. The molecule has 32 heavy (non-hydrogen) atoms. The monoisotopic (exact) mass is 434 g/mol. The standard InChI is InChI=1S/C25H30N4O3/c1-2-32-21-10-6-9-20(15-21)17-28-12-11-23-22(18-28)24(27-29(23)13-14-30)25(31)26-16-19-7-4-3-5-8-19/h3-10,15,30H,2,11-14,16-18H2,1H3,(H,26,31). The van der Waals surface area contributed by atoms with Gasteiger partial charge in [-0.3, -0.25) is 14.4 Å². The highest BCUT2D eigenvalue weighted by molar-refractivity contribution is 5.94. The number of aliphatic hydroxyl groups is 1. The largest absolute Gasteiger partial charge is 0.494 e. The second-order valence-corrected chi connectivity index (χ2v) is 7.93. The number of carbonyl (C=O) groups is 1.